The highest BCUT2D eigenvalue weighted by Gasteiger charge is 2.52. The third-order valence-corrected chi connectivity index (χ3v) is 6.86. The van der Waals surface area contributed by atoms with Gasteiger partial charge in [0.25, 0.3) is 0 Å². The van der Waals surface area contributed by atoms with Crippen LogP contribution < -0.4 is 0 Å². The number of Topliss-reactive ketones (excluding diaryl/α,β-unsaturated/α-hetero) is 1. The number of fused-ring (bicyclic) bond motifs is 3. The molecule has 3 rings (SSSR count). The fourth-order valence-corrected chi connectivity index (χ4v) is 5.56. The predicted molar refractivity (Wildman–Crippen MR) is 114 cm³/mol. The Kier molecular flexibility index (Phi) is 6.33. The lowest BCUT2D eigenvalue weighted by molar-refractivity contribution is -0.132. The number of rotatable bonds is 6. The molecule has 29 heavy (non-hydrogen) atoms. The van der Waals surface area contributed by atoms with Gasteiger partial charge in [-0.1, -0.05) is 24.6 Å². The van der Waals surface area contributed by atoms with Crippen LogP contribution in [0.15, 0.2) is 47.3 Å². The van der Waals surface area contributed by atoms with E-state index in [0.717, 1.165) is 24.8 Å². The van der Waals surface area contributed by atoms with E-state index in [-0.39, 0.29) is 29.2 Å². The summed E-state index contributed by atoms with van der Waals surface area (Å²) >= 11 is 0. The number of carbonyl (C=O) groups excluding carboxylic acids is 2. The average molecular weight is 399 g/mol. The van der Waals surface area contributed by atoms with E-state index < -0.39 is 0 Å². The second kappa shape index (κ2) is 8.43. The molecular weight excluding hydrogens is 364 g/mol. The van der Waals surface area contributed by atoms with Crippen molar-refractivity contribution in [3.63, 3.8) is 0 Å². The molecule has 1 heterocycles. The molecule has 0 unspecified atom stereocenters. The van der Waals surface area contributed by atoms with Gasteiger partial charge in [0.15, 0.2) is 0 Å². The van der Waals surface area contributed by atoms with Crippen LogP contribution in [0.1, 0.15) is 60.3 Å². The van der Waals surface area contributed by atoms with Crippen molar-refractivity contribution < 1.29 is 19.1 Å². The fourth-order valence-electron chi connectivity index (χ4n) is 5.56. The predicted octanol–water partition coefficient (Wildman–Crippen LogP) is 5.31. The van der Waals surface area contributed by atoms with Crippen LogP contribution in [-0.4, -0.2) is 24.5 Å². The summed E-state index contributed by atoms with van der Waals surface area (Å²) in [5, 5.41) is 0. The van der Waals surface area contributed by atoms with Crippen LogP contribution in [0.2, 0.25) is 0 Å². The maximum Gasteiger partial charge on any atom is 0.335 e. The highest BCUT2D eigenvalue weighted by molar-refractivity contribution is 5.83. The van der Waals surface area contributed by atoms with Gasteiger partial charge in [-0.3, -0.25) is 4.79 Å². The molecule has 1 fully saturated rings. The Bertz CT molecular complexity index is 796. The summed E-state index contributed by atoms with van der Waals surface area (Å²) in [7, 11) is 0. The van der Waals surface area contributed by atoms with E-state index in [9.17, 15) is 9.59 Å². The zero-order valence-corrected chi connectivity index (χ0v) is 18.4. The van der Waals surface area contributed by atoms with E-state index in [1.807, 2.05) is 19.9 Å². The number of ketones is 1. The van der Waals surface area contributed by atoms with Gasteiger partial charge in [-0.2, -0.15) is 0 Å². The van der Waals surface area contributed by atoms with Crippen LogP contribution in [0, 0.1) is 23.2 Å². The largest absolute Gasteiger partial charge is 0.432 e. The summed E-state index contributed by atoms with van der Waals surface area (Å²) in [4.78, 5) is 23.8. The minimum absolute atomic E-state index is 0.0671. The van der Waals surface area contributed by atoms with Crippen LogP contribution in [0.25, 0.3) is 0 Å². The molecule has 2 aliphatic carbocycles. The van der Waals surface area contributed by atoms with E-state index in [1.165, 1.54) is 29.1 Å². The van der Waals surface area contributed by atoms with Gasteiger partial charge in [-0.05, 0) is 81.4 Å². The molecule has 1 saturated carbocycles. The lowest BCUT2D eigenvalue weighted by Gasteiger charge is -2.52. The smallest absolute Gasteiger partial charge is 0.335 e. The van der Waals surface area contributed by atoms with Gasteiger partial charge in [0.2, 0.25) is 0 Å². The summed E-state index contributed by atoms with van der Waals surface area (Å²) in [5.41, 5.74) is 4.82. The minimum Gasteiger partial charge on any atom is -0.432 e. The van der Waals surface area contributed by atoms with Gasteiger partial charge in [0, 0.05) is 18.4 Å². The Labute approximate surface area is 174 Å². The maximum atomic E-state index is 11.9. The standard InChI is InChI=1S/C25H34O4/c1-15(2)11-23(27)28-10-8-21-24-20(14-29-22(24)12-17(5)26)19-13-25(21,6)9-7-18(19)16(3)4/h8,10-11,18-19,21-22H,3,7,9,12-14H2,1-2,4-6H3/b10-8+/t18-,19-,21-,22-,25-/m0/s1. The van der Waals surface area contributed by atoms with Gasteiger partial charge in [-0.25, -0.2) is 4.79 Å². The maximum absolute atomic E-state index is 11.9. The van der Waals surface area contributed by atoms with Crippen LogP contribution >= 0.6 is 0 Å². The van der Waals surface area contributed by atoms with Crippen molar-refractivity contribution in [1.29, 1.82) is 0 Å². The lowest BCUT2D eigenvalue weighted by Crippen LogP contribution is -2.44. The normalized spacial score (nSPS) is 33.4. The zero-order chi connectivity index (χ0) is 21.3. The number of hydrogen-bond acceptors (Lipinski definition) is 4. The van der Waals surface area contributed by atoms with Crippen molar-refractivity contribution in [2.45, 2.75) is 66.4 Å². The Morgan fingerprint density at radius 2 is 2.00 bits per heavy atom. The molecule has 158 valence electrons. The van der Waals surface area contributed by atoms with Gasteiger partial charge in [-0.15, -0.1) is 0 Å². The molecule has 0 saturated heterocycles. The molecule has 0 aromatic rings. The number of ether oxygens (including phenoxy) is 2. The van der Waals surface area contributed by atoms with Crippen LogP contribution in [0.4, 0.5) is 0 Å². The minimum atomic E-state index is -0.358. The Hall–Kier alpha value is -1.94. The van der Waals surface area contributed by atoms with Crippen molar-refractivity contribution >= 4 is 11.8 Å². The third kappa shape index (κ3) is 4.48. The quantitative estimate of drug-likeness (QED) is 0.263. The van der Waals surface area contributed by atoms with Crippen LogP contribution in [0.3, 0.4) is 0 Å². The molecule has 4 nitrogen and oxygen atoms in total. The van der Waals surface area contributed by atoms with Gasteiger partial charge in [0.1, 0.15) is 5.78 Å². The number of esters is 1. The lowest BCUT2D eigenvalue weighted by atomic mass is 9.52. The molecule has 3 aliphatic rings. The third-order valence-electron chi connectivity index (χ3n) is 6.86. The Morgan fingerprint density at radius 3 is 2.62 bits per heavy atom. The zero-order valence-electron chi connectivity index (χ0n) is 18.4. The summed E-state index contributed by atoms with van der Waals surface area (Å²) in [6, 6.07) is 0. The van der Waals surface area contributed by atoms with Gasteiger partial charge >= 0.3 is 5.97 Å². The number of carbonyl (C=O) groups is 2. The van der Waals surface area contributed by atoms with E-state index >= 15 is 0 Å². The van der Waals surface area contributed by atoms with Gasteiger partial charge < -0.3 is 9.47 Å². The molecule has 5 atom stereocenters. The van der Waals surface area contributed by atoms with E-state index in [1.54, 1.807) is 6.92 Å². The molecular formula is C25H34O4. The topological polar surface area (TPSA) is 52.6 Å². The Balaban J connectivity index is 1.96. The van der Waals surface area contributed by atoms with Crippen molar-refractivity contribution in [1.82, 2.24) is 0 Å². The Morgan fingerprint density at radius 1 is 1.28 bits per heavy atom. The highest BCUT2D eigenvalue weighted by Crippen LogP contribution is 2.60. The summed E-state index contributed by atoms with van der Waals surface area (Å²) in [5.74, 6) is 0.817. The fraction of sp³-hybridized carbons (Fsp3) is 0.600. The van der Waals surface area contributed by atoms with Crippen molar-refractivity contribution in [3.8, 4) is 0 Å². The second-order valence-electron chi connectivity index (χ2n) is 9.61. The molecule has 1 aliphatic heterocycles. The monoisotopic (exact) mass is 398 g/mol. The van der Waals surface area contributed by atoms with E-state index in [4.69, 9.17) is 9.47 Å². The van der Waals surface area contributed by atoms with E-state index in [2.05, 4.69) is 20.4 Å². The molecule has 0 aromatic carbocycles. The molecule has 0 radical (unpaired) electrons. The average Bonchev–Trinajstić information content (AvgIpc) is 2.99. The molecule has 0 amide bonds. The first-order chi connectivity index (χ1) is 13.6. The second-order valence-corrected chi connectivity index (χ2v) is 9.61. The van der Waals surface area contributed by atoms with Crippen LogP contribution in [-0.2, 0) is 19.1 Å². The number of allylic oxidation sites excluding steroid dienone is 3. The van der Waals surface area contributed by atoms with Gasteiger partial charge in [0.05, 0.1) is 19.0 Å². The molecule has 0 N–H and O–H groups in total. The molecule has 4 heteroatoms. The molecule has 2 bridgehead atoms. The first kappa shape index (κ1) is 21.8. The molecule has 0 aromatic heterocycles. The van der Waals surface area contributed by atoms with Crippen molar-refractivity contribution in [3.05, 3.63) is 47.3 Å². The summed E-state index contributed by atoms with van der Waals surface area (Å²) in [6.45, 7) is 14.7. The van der Waals surface area contributed by atoms with E-state index in [0.29, 0.717) is 24.9 Å². The first-order valence-corrected chi connectivity index (χ1v) is 10.6. The highest BCUT2D eigenvalue weighted by atomic mass is 16.5. The summed E-state index contributed by atoms with van der Waals surface area (Å²) in [6.07, 6.45) is 8.56. The molecule has 0 spiro atoms. The summed E-state index contributed by atoms with van der Waals surface area (Å²) < 4.78 is 11.4. The van der Waals surface area contributed by atoms with Crippen molar-refractivity contribution in [2.24, 2.45) is 23.2 Å². The number of hydrogen-bond donors (Lipinski definition) is 0. The first-order valence-electron chi connectivity index (χ1n) is 10.6. The van der Waals surface area contributed by atoms with Crippen molar-refractivity contribution in [2.75, 3.05) is 6.61 Å². The SMILES string of the molecule is C=C(C)[C@@H]1CC[C@@]2(C)C[C@@H]1C1=C([C@H](CC(C)=O)OC1)[C@@H]2/C=C/OC(=O)C=C(C)C. The van der Waals surface area contributed by atoms with Crippen LogP contribution in [0.5, 0.6) is 0 Å².